The van der Waals surface area contributed by atoms with E-state index in [1.807, 2.05) is 24.3 Å². The van der Waals surface area contributed by atoms with E-state index in [1.165, 1.54) is 10.8 Å². The molecule has 1 radical (unpaired) electrons. The van der Waals surface area contributed by atoms with Gasteiger partial charge in [-0.15, -0.1) is 0 Å². The van der Waals surface area contributed by atoms with Crippen molar-refractivity contribution in [3.05, 3.63) is 48.5 Å². The molecule has 0 amide bonds. The number of fused-ring (bicyclic) bond motifs is 1. The first-order chi connectivity index (χ1) is 4.97. The first-order valence-electron chi connectivity index (χ1n) is 3.32. The molecular weight excluding hydrogens is 182 g/mol. The summed E-state index contributed by atoms with van der Waals surface area (Å²) in [5.41, 5.74) is 0. The van der Waals surface area contributed by atoms with Crippen LogP contribution in [-0.4, -0.2) is 80.9 Å². The van der Waals surface area contributed by atoms with Gasteiger partial charge in [0, 0.05) is 0 Å². The van der Waals surface area contributed by atoms with E-state index in [0.29, 0.717) is 0 Å². The Kier molecular flexibility index (Phi) is 7.49. The molecule has 51 valence electrons. The van der Waals surface area contributed by atoms with Crippen LogP contribution in [0, 0.1) is 6.07 Å². The van der Waals surface area contributed by atoms with Crippen LogP contribution in [0.15, 0.2) is 42.5 Å². The van der Waals surface area contributed by atoms with E-state index in [2.05, 4.69) is 24.3 Å². The van der Waals surface area contributed by atoms with E-state index in [0.717, 1.165) is 0 Å². The van der Waals surface area contributed by atoms with Gasteiger partial charge in [0.1, 0.15) is 0 Å². The average Bonchev–Trinajstić information content (AvgIpc) is 2.05. The van der Waals surface area contributed by atoms with Crippen molar-refractivity contribution in [3.8, 4) is 0 Å². The maximum absolute atomic E-state index is 3.15. The zero-order chi connectivity index (χ0) is 6.81. The molecule has 2 heteroatoms. The Bertz CT molecular complexity index is 281. The molecule has 0 atom stereocenters. The zero-order valence-corrected chi connectivity index (χ0v) is 5.54. The Morgan fingerprint density at radius 3 is 2.33 bits per heavy atom. The van der Waals surface area contributed by atoms with Crippen molar-refractivity contribution in [1.82, 2.24) is 0 Å². The van der Waals surface area contributed by atoms with Crippen LogP contribution >= 0.6 is 0 Å². The third kappa shape index (κ3) is 3.24. The van der Waals surface area contributed by atoms with Crippen LogP contribution in [-0.2, 0) is 0 Å². The summed E-state index contributed by atoms with van der Waals surface area (Å²) in [6.07, 6.45) is 0. The first-order valence-corrected chi connectivity index (χ1v) is 3.32. The maximum Gasteiger partial charge on any atom is -0.00992 e. The van der Waals surface area contributed by atoms with E-state index in [4.69, 9.17) is 0 Å². The Morgan fingerprint density at radius 1 is 0.917 bits per heavy atom. The van der Waals surface area contributed by atoms with E-state index < -0.39 is 0 Å². The van der Waals surface area contributed by atoms with Gasteiger partial charge in [0.25, 0.3) is 0 Å². The van der Waals surface area contributed by atoms with Gasteiger partial charge in [0.15, 0.2) is 0 Å². The summed E-state index contributed by atoms with van der Waals surface area (Å²) in [5.74, 6) is 0. The predicted octanol–water partition coefficient (Wildman–Crippen LogP) is 1.34. The first kappa shape index (κ1) is 13.3. The summed E-state index contributed by atoms with van der Waals surface area (Å²) in [6.45, 7) is 0. The number of hydrogen-bond donors (Lipinski definition) is 0. The molecule has 0 aliphatic rings. The largest absolute Gasteiger partial charge is 0.0616 e. The standard InChI is InChI=1S/C10H7.K.Na.2H/c1-2-6-10-8-4-3-7-9(10)5-1;;;;/h1-7H;;;;. The third-order valence-electron chi connectivity index (χ3n) is 1.57. The van der Waals surface area contributed by atoms with E-state index in [-0.39, 0.29) is 80.9 Å². The molecule has 0 saturated carbocycles. The fraction of sp³-hybridized carbons (Fsp3) is 0. The monoisotopic (exact) mass is 191 g/mol. The molecule has 2 aromatic rings. The van der Waals surface area contributed by atoms with Crippen molar-refractivity contribution in [3.63, 3.8) is 0 Å². The van der Waals surface area contributed by atoms with Gasteiger partial charge in [-0.05, 0) is 16.8 Å². The van der Waals surface area contributed by atoms with Gasteiger partial charge in [0.05, 0.1) is 0 Å². The second-order valence-electron chi connectivity index (χ2n) is 2.26. The minimum Gasteiger partial charge on any atom is -0.0616 e. The average molecular weight is 191 g/mol. The van der Waals surface area contributed by atoms with Crippen LogP contribution in [0.3, 0.4) is 0 Å². The SMILES string of the molecule is [KH].[NaH].[c]1cccc2ccccc12. The smallest absolute Gasteiger partial charge is 0.00992 e. The predicted molar refractivity (Wildman–Crippen MR) is 57.1 cm³/mol. The second kappa shape index (κ2) is 6.74. The van der Waals surface area contributed by atoms with Crippen LogP contribution in [0.1, 0.15) is 0 Å². The van der Waals surface area contributed by atoms with Gasteiger partial charge in [-0.3, -0.25) is 0 Å². The fourth-order valence-electron chi connectivity index (χ4n) is 1.06. The van der Waals surface area contributed by atoms with E-state index in [1.54, 1.807) is 0 Å². The number of benzene rings is 2. The molecular formula is C10H9KNa. The van der Waals surface area contributed by atoms with Crippen LogP contribution in [0.5, 0.6) is 0 Å². The molecule has 0 aliphatic carbocycles. The van der Waals surface area contributed by atoms with Crippen molar-refractivity contribution in [2.24, 2.45) is 0 Å². The van der Waals surface area contributed by atoms with Crippen LogP contribution < -0.4 is 0 Å². The van der Waals surface area contributed by atoms with Crippen molar-refractivity contribution in [1.29, 1.82) is 0 Å². The van der Waals surface area contributed by atoms with E-state index >= 15 is 0 Å². The van der Waals surface area contributed by atoms with Gasteiger partial charge in [0.2, 0.25) is 0 Å². The summed E-state index contributed by atoms with van der Waals surface area (Å²) < 4.78 is 0. The summed E-state index contributed by atoms with van der Waals surface area (Å²) in [6, 6.07) is 17.4. The van der Waals surface area contributed by atoms with Gasteiger partial charge in [-0.25, -0.2) is 0 Å². The molecule has 0 nitrogen and oxygen atoms in total. The van der Waals surface area contributed by atoms with E-state index in [9.17, 15) is 0 Å². The van der Waals surface area contributed by atoms with Gasteiger partial charge in [-0.2, -0.15) is 0 Å². The molecule has 0 spiro atoms. The quantitative estimate of drug-likeness (QED) is 0.551. The normalized spacial score (nSPS) is 8.33. The Morgan fingerprint density at radius 2 is 1.58 bits per heavy atom. The van der Waals surface area contributed by atoms with Crippen molar-refractivity contribution in [2.45, 2.75) is 0 Å². The molecule has 0 saturated heterocycles. The van der Waals surface area contributed by atoms with Crippen LogP contribution in [0.25, 0.3) is 10.8 Å². The second-order valence-corrected chi connectivity index (χ2v) is 2.26. The Balaban J connectivity index is 0.000000605. The van der Waals surface area contributed by atoms with Crippen molar-refractivity contribution < 1.29 is 0 Å². The fourth-order valence-corrected chi connectivity index (χ4v) is 1.06. The molecule has 2 aromatic carbocycles. The topological polar surface area (TPSA) is 0 Å². The molecule has 0 aromatic heterocycles. The van der Waals surface area contributed by atoms with Crippen LogP contribution in [0.4, 0.5) is 0 Å². The van der Waals surface area contributed by atoms with Crippen molar-refractivity contribution >= 4 is 91.7 Å². The van der Waals surface area contributed by atoms with Gasteiger partial charge >= 0.3 is 80.9 Å². The van der Waals surface area contributed by atoms with Gasteiger partial charge in [-0.1, -0.05) is 42.5 Å². The third-order valence-corrected chi connectivity index (χ3v) is 1.57. The Labute approximate surface area is 137 Å². The summed E-state index contributed by atoms with van der Waals surface area (Å²) in [7, 11) is 0. The molecule has 2 rings (SSSR count). The zero-order valence-electron chi connectivity index (χ0n) is 5.54. The molecule has 0 fully saturated rings. The van der Waals surface area contributed by atoms with Crippen LogP contribution in [0.2, 0.25) is 0 Å². The number of rotatable bonds is 0. The molecule has 0 heterocycles. The minimum absolute atomic E-state index is 0. The molecule has 0 aliphatic heterocycles. The minimum atomic E-state index is 0. The molecule has 0 bridgehead atoms. The maximum atomic E-state index is 3.15. The molecule has 12 heavy (non-hydrogen) atoms. The van der Waals surface area contributed by atoms with Gasteiger partial charge < -0.3 is 0 Å². The summed E-state index contributed by atoms with van der Waals surface area (Å²) >= 11 is 0. The summed E-state index contributed by atoms with van der Waals surface area (Å²) in [4.78, 5) is 0. The molecule has 0 unspecified atom stereocenters. The Hall–Kier alpha value is 1.34. The number of hydrogen-bond acceptors (Lipinski definition) is 0. The summed E-state index contributed by atoms with van der Waals surface area (Å²) in [5, 5.41) is 2.44. The van der Waals surface area contributed by atoms with Crippen molar-refractivity contribution in [2.75, 3.05) is 0 Å². The molecule has 0 N–H and O–H groups in total.